The van der Waals surface area contributed by atoms with Crippen LogP contribution in [0, 0.1) is 0 Å². The zero-order chi connectivity index (χ0) is 13.9. The third-order valence-corrected chi connectivity index (χ3v) is 4.16. The molecule has 6 heteroatoms. The Morgan fingerprint density at radius 1 is 1.20 bits per heavy atom. The topological polar surface area (TPSA) is 61.6 Å². The summed E-state index contributed by atoms with van der Waals surface area (Å²) in [6.07, 6.45) is 2.78. The van der Waals surface area contributed by atoms with Crippen LogP contribution in [0.3, 0.4) is 0 Å². The SMILES string of the molecule is O=C1CCCN1CCN1CCCn2nc(CO)cc2C1. The number of aryl methyl sites for hydroxylation is 1. The Morgan fingerprint density at radius 2 is 2.10 bits per heavy atom. The summed E-state index contributed by atoms with van der Waals surface area (Å²) in [5.74, 6) is 0.299. The zero-order valence-electron chi connectivity index (χ0n) is 11.8. The highest BCUT2D eigenvalue weighted by molar-refractivity contribution is 5.78. The van der Waals surface area contributed by atoms with Gasteiger partial charge in [-0.15, -0.1) is 0 Å². The van der Waals surface area contributed by atoms with E-state index >= 15 is 0 Å². The fourth-order valence-corrected chi connectivity index (χ4v) is 3.06. The van der Waals surface area contributed by atoms with Crippen molar-refractivity contribution in [3.8, 4) is 0 Å². The minimum atomic E-state index is 0.00226. The van der Waals surface area contributed by atoms with Crippen LogP contribution < -0.4 is 0 Å². The van der Waals surface area contributed by atoms with Gasteiger partial charge in [0.1, 0.15) is 0 Å². The Hall–Kier alpha value is -1.40. The van der Waals surface area contributed by atoms with E-state index in [1.54, 1.807) is 0 Å². The molecule has 1 saturated heterocycles. The molecule has 3 heterocycles. The van der Waals surface area contributed by atoms with Gasteiger partial charge in [0.2, 0.25) is 5.91 Å². The van der Waals surface area contributed by atoms with Crippen LogP contribution in [0.15, 0.2) is 6.07 Å². The van der Waals surface area contributed by atoms with Crippen molar-refractivity contribution >= 4 is 5.91 Å². The molecule has 0 unspecified atom stereocenters. The molecule has 1 N–H and O–H groups in total. The molecule has 1 fully saturated rings. The first kappa shape index (κ1) is 13.6. The minimum Gasteiger partial charge on any atom is -0.390 e. The molecule has 0 spiro atoms. The lowest BCUT2D eigenvalue weighted by Gasteiger charge is -2.23. The maximum absolute atomic E-state index is 11.6. The predicted molar refractivity (Wildman–Crippen MR) is 73.9 cm³/mol. The highest BCUT2D eigenvalue weighted by Gasteiger charge is 2.22. The van der Waals surface area contributed by atoms with E-state index in [-0.39, 0.29) is 6.61 Å². The van der Waals surface area contributed by atoms with E-state index in [1.165, 1.54) is 5.69 Å². The smallest absolute Gasteiger partial charge is 0.222 e. The number of rotatable bonds is 4. The number of fused-ring (bicyclic) bond motifs is 1. The molecule has 0 bridgehead atoms. The molecule has 0 radical (unpaired) electrons. The van der Waals surface area contributed by atoms with E-state index in [4.69, 9.17) is 5.11 Å². The van der Waals surface area contributed by atoms with Crippen LogP contribution >= 0.6 is 0 Å². The van der Waals surface area contributed by atoms with Crippen molar-refractivity contribution in [2.24, 2.45) is 0 Å². The highest BCUT2D eigenvalue weighted by Crippen LogP contribution is 2.15. The number of nitrogens with zero attached hydrogens (tertiary/aromatic N) is 4. The van der Waals surface area contributed by atoms with Gasteiger partial charge in [-0.3, -0.25) is 14.4 Å². The van der Waals surface area contributed by atoms with Gasteiger partial charge >= 0.3 is 0 Å². The van der Waals surface area contributed by atoms with E-state index in [1.807, 2.05) is 15.6 Å². The van der Waals surface area contributed by atoms with E-state index in [0.717, 1.165) is 57.8 Å². The molecule has 3 rings (SSSR count). The normalized spacial score (nSPS) is 20.2. The van der Waals surface area contributed by atoms with Crippen LogP contribution in [0.4, 0.5) is 0 Å². The summed E-state index contributed by atoms with van der Waals surface area (Å²) in [7, 11) is 0. The molecule has 2 aliphatic heterocycles. The lowest BCUT2D eigenvalue weighted by Crippen LogP contribution is -2.35. The van der Waals surface area contributed by atoms with E-state index in [2.05, 4.69) is 10.00 Å². The van der Waals surface area contributed by atoms with E-state index < -0.39 is 0 Å². The van der Waals surface area contributed by atoms with Gasteiger partial charge in [-0.1, -0.05) is 0 Å². The number of aliphatic hydroxyl groups is 1. The Labute approximate surface area is 119 Å². The van der Waals surface area contributed by atoms with Crippen molar-refractivity contribution in [2.75, 3.05) is 26.2 Å². The van der Waals surface area contributed by atoms with Gasteiger partial charge in [-0.25, -0.2) is 0 Å². The largest absolute Gasteiger partial charge is 0.390 e. The van der Waals surface area contributed by atoms with Crippen LogP contribution in [-0.2, 0) is 24.5 Å². The van der Waals surface area contributed by atoms with Gasteiger partial charge in [-0.2, -0.15) is 5.10 Å². The van der Waals surface area contributed by atoms with Crippen LogP contribution in [0.1, 0.15) is 30.7 Å². The Morgan fingerprint density at radius 3 is 2.85 bits per heavy atom. The monoisotopic (exact) mass is 278 g/mol. The number of hydrogen-bond acceptors (Lipinski definition) is 4. The number of hydrogen-bond donors (Lipinski definition) is 1. The summed E-state index contributed by atoms with van der Waals surface area (Å²) in [4.78, 5) is 16.0. The molecule has 0 aromatic carbocycles. The number of likely N-dealkylation sites (tertiary alicyclic amines) is 1. The first-order chi connectivity index (χ1) is 9.76. The second kappa shape index (κ2) is 5.93. The summed E-state index contributed by atoms with van der Waals surface area (Å²) in [6, 6.07) is 1.99. The fourth-order valence-electron chi connectivity index (χ4n) is 3.06. The molecule has 6 nitrogen and oxygen atoms in total. The van der Waals surface area contributed by atoms with Crippen LogP contribution in [0.2, 0.25) is 0 Å². The van der Waals surface area contributed by atoms with Crippen molar-refractivity contribution in [3.05, 3.63) is 17.5 Å². The third-order valence-electron chi connectivity index (χ3n) is 4.16. The Balaban J connectivity index is 1.59. The summed E-state index contributed by atoms with van der Waals surface area (Å²) in [6.45, 7) is 5.48. The quantitative estimate of drug-likeness (QED) is 0.855. The molecular formula is C14H22N4O2. The van der Waals surface area contributed by atoms with Gasteiger partial charge in [0.25, 0.3) is 0 Å². The first-order valence-corrected chi connectivity index (χ1v) is 7.43. The first-order valence-electron chi connectivity index (χ1n) is 7.43. The average molecular weight is 278 g/mol. The standard InChI is InChI=1S/C14H22N4O2/c19-11-12-9-13-10-16(4-2-6-18(13)15-12)7-8-17-5-1-3-14(17)20/h9,19H,1-8,10-11H2. The Bertz CT molecular complexity index is 486. The van der Waals surface area contributed by atoms with Gasteiger partial charge in [-0.05, 0) is 18.9 Å². The molecular weight excluding hydrogens is 256 g/mol. The van der Waals surface area contributed by atoms with Crippen molar-refractivity contribution in [3.63, 3.8) is 0 Å². The molecule has 2 aliphatic rings. The maximum Gasteiger partial charge on any atom is 0.222 e. The molecule has 0 atom stereocenters. The second-order valence-electron chi connectivity index (χ2n) is 5.62. The Kier molecular flexibility index (Phi) is 4.03. The number of amides is 1. The third kappa shape index (κ3) is 2.86. The molecule has 110 valence electrons. The van der Waals surface area contributed by atoms with E-state index in [0.29, 0.717) is 12.3 Å². The summed E-state index contributed by atoms with van der Waals surface area (Å²) < 4.78 is 2.01. The summed E-state index contributed by atoms with van der Waals surface area (Å²) >= 11 is 0. The maximum atomic E-state index is 11.6. The van der Waals surface area contributed by atoms with Gasteiger partial charge in [0.15, 0.2) is 0 Å². The van der Waals surface area contributed by atoms with Gasteiger partial charge in [0, 0.05) is 45.7 Å². The molecule has 1 amide bonds. The summed E-state index contributed by atoms with van der Waals surface area (Å²) in [5, 5.41) is 13.6. The fraction of sp³-hybridized carbons (Fsp3) is 0.714. The molecule has 1 aromatic heterocycles. The highest BCUT2D eigenvalue weighted by atomic mass is 16.3. The number of carbonyl (C=O) groups excluding carboxylic acids is 1. The van der Waals surface area contributed by atoms with Gasteiger partial charge in [0.05, 0.1) is 18.0 Å². The predicted octanol–water partition coefficient (Wildman–Crippen LogP) is 0.204. The molecule has 0 saturated carbocycles. The van der Waals surface area contributed by atoms with Crippen LogP contribution in [-0.4, -0.2) is 56.8 Å². The zero-order valence-corrected chi connectivity index (χ0v) is 11.8. The van der Waals surface area contributed by atoms with Crippen molar-refractivity contribution in [1.82, 2.24) is 19.6 Å². The van der Waals surface area contributed by atoms with Crippen LogP contribution in [0.25, 0.3) is 0 Å². The second-order valence-corrected chi connectivity index (χ2v) is 5.62. The lowest BCUT2D eigenvalue weighted by molar-refractivity contribution is -0.127. The van der Waals surface area contributed by atoms with Crippen molar-refractivity contribution in [1.29, 1.82) is 0 Å². The number of aliphatic hydroxyl groups excluding tert-OH is 1. The molecule has 0 aliphatic carbocycles. The minimum absolute atomic E-state index is 0.00226. The average Bonchev–Trinajstić information content (AvgIpc) is 2.98. The van der Waals surface area contributed by atoms with Crippen molar-refractivity contribution < 1.29 is 9.90 Å². The molecule has 20 heavy (non-hydrogen) atoms. The number of aromatic nitrogens is 2. The van der Waals surface area contributed by atoms with Crippen molar-refractivity contribution in [2.45, 2.75) is 39.0 Å². The van der Waals surface area contributed by atoms with E-state index in [9.17, 15) is 4.79 Å². The lowest BCUT2D eigenvalue weighted by atomic mass is 10.3. The summed E-state index contributed by atoms with van der Waals surface area (Å²) in [5.41, 5.74) is 1.91. The van der Waals surface area contributed by atoms with Crippen LogP contribution in [0.5, 0.6) is 0 Å². The number of carbonyl (C=O) groups is 1. The van der Waals surface area contributed by atoms with Gasteiger partial charge < -0.3 is 10.0 Å². The molecule has 1 aromatic rings.